The van der Waals surface area contributed by atoms with Crippen LogP contribution in [0, 0.1) is 0 Å². The first-order valence-corrected chi connectivity index (χ1v) is 4.56. The average molecular weight is 196 g/mol. The molecule has 1 aromatic heterocycles. The largest absolute Gasteiger partial charge is 0.465 e. The zero-order valence-corrected chi connectivity index (χ0v) is 7.95. The van der Waals surface area contributed by atoms with Gasteiger partial charge in [-0.3, -0.25) is 0 Å². The van der Waals surface area contributed by atoms with Crippen LogP contribution in [0.1, 0.15) is 28.4 Å². The molecule has 5 heteroatoms. The number of aromatic nitrogens is 1. The summed E-state index contributed by atoms with van der Waals surface area (Å²) in [6.45, 7) is 1.80. The quantitative estimate of drug-likeness (QED) is 0.699. The lowest BCUT2D eigenvalue weighted by atomic mass is 10.0. The summed E-state index contributed by atoms with van der Waals surface area (Å²) in [4.78, 5) is 11.3. The van der Waals surface area contributed by atoms with Crippen LogP contribution in [0.4, 0.5) is 0 Å². The lowest BCUT2D eigenvalue weighted by molar-refractivity contribution is 0.0598. The first-order valence-electron chi connectivity index (χ1n) is 4.56. The highest BCUT2D eigenvalue weighted by molar-refractivity contribution is 5.90. The Balaban J connectivity index is 2.24. The third-order valence-electron chi connectivity index (χ3n) is 2.45. The van der Waals surface area contributed by atoms with Gasteiger partial charge in [-0.25, -0.2) is 4.79 Å². The van der Waals surface area contributed by atoms with Crippen LogP contribution in [-0.2, 0) is 4.74 Å². The number of carbonyl (C=O) groups is 1. The van der Waals surface area contributed by atoms with Gasteiger partial charge in [0.15, 0.2) is 0 Å². The van der Waals surface area contributed by atoms with Gasteiger partial charge < -0.3 is 14.6 Å². The number of hydrogen-bond acceptors (Lipinski definition) is 5. The van der Waals surface area contributed by atoms with E-state index < -0.39 is 0 Å². The van der Waals surface area contributed by atoms with Crippen LogP contribution in [0.25, 0.3) is 0 Å². The van der Waals surface area contributed by atoms with E-state index >= 15 is 0 Å². The molecule has 0 aromatic carbocycles. The van der Waals surface area contributed by atoms with Crippen molar-refractivity contribution in [1.82, 2.24) is 10.5 Å². The Kier molecular flexibility index (Phi) is 2.49. The monoisotopic (exact) mass is 196 g/mol. The number of ether oxygens (including phenoxy) is 1. The van der Waals surface area contributed by atoms with E-state index in [1.165, 1.54) is 13.4 Å². The zero-order valence-electron chi connectivity index (χ0n) is 7.95. The Morgan fingerprint density at radius 1 is 1.79 bits per heavy atom. The van der Waals surface area contributed by atoms with Crippen LogP contribution >= 0.6 is 0 Å². The fraction of sp³-hybridized carbons (Fsp3) is 0.556. The van der Waals surface area contributed by atoms with Gasteiger partial charge in [0, 0.05) is 12.5 Å². The maximum absolute atomic E-state index is 11.3. The molecule has 14 heavy (non-hydrogen) atoms. The van der Waals surface area contributed by atoms with Crippen LogP contribution in [0.3, 0.4) is 0 Å². The number of rotatable bonds is 2. The smallest absolute Gasteiger partial charge is 0.343 e. The van der Waals surface area contributed by atoms with E-state index in [9.17, 15) is 4.79 Å². The van der Waals surface area contributed by atoms with Crippen molar-refractivity contribution in [3.63, 3.8) is 0 Å². The van der Waals surface area contributed by atoms with E-state index in [4.69, 9.17) is 4.52 Å². The first-order chi connectivity index (χ1) is 6.83. The SMILES string of the molecule is COC(=O)c1conc1C1CCNC1. The number of nitrogens with one attached hydrogen (secondary N) is 1. The second-order valence-electron chi connectivity index (χ2n) is 3.29. The fourth-order valence-electron chi connectivity index (χ4n) is 1.69. The van der Waals surface area contributed by atoms with Crippen LogP contribution in [0.2, 0.25) is 0 Å². The summed E-state index contributed by atoms with van der Waals surface area (Å²) in [5.74, 6) is -0.115. The number of esters is 1. The molecule has 0 amide bonds. The van der Waals surface area contributed by atoms with Gasteiger partial charge in [0.2, 0.25) is 0 Å². The second-order valence-corrected chi connectivity index (χ2v) is 3.29. The standard InChI is InChI=1S/C9H12N2O3/c1-13-9(12)7-5-14-11-8(7)6-2-3-10-4-6/h5-6,10H,2-4H2,1H3. The third kappa shape index (κ3) is 1.50. The molecule has 76 valence electrons. The van der Waals surface area contributed by atoms with E-state index in [1.807, 2.05) is 0 Å². The number of carbonyl (C=O) groups excluding carboxylic acids is 1. The minimum atomic E-state index is -0.381. The van der Waals surface area contributed by atoms with Crippen LogP contribution in [0.5, 0.6) is 0 Å². The number of nitrogens with zero attached hydrogens (tertiary/aromatic N) is 1. The van der Waals surface area contributed by atoms with Crippen molar-refractivity contribution in [3.8, 4) is 0 Å². The molecule has 2 heterocycles. The first kappa shape index (κ1) is 9.21. The molecule has 0 radical (unpaired) electrons. The summed E-state index contributed by atoms with van der Waals surface area (Å²) in [6, 6.07) is 0. The Labute approximate surface area is 81.4 Å². The topological polar surface area (TPSA) is 64.4 Å². The molecule has 1 atom stereocenters. The molecule has 0 saturated carbocycles. The third-order valence-corrected chi connectivity index (χ3v) is 2.45. The van der Waals surface area contributed by atoms with Gasteiger partial charge in [-0.05, 0) is 13.0 Å². The minimum Gasteiger partial charge on any atom is -0.465 e. The van der Waals surface area contributed by atoms with Gasteiger partial charge in [0.1, 0.15) is 17.5 Å². The van der Waals surface area contributed by atoms with E-state index in [0.717, 1.165) is 19.5 Å². The van der Waals surface area contributed by atoms with Gasteiger partial charge in [0.05, 0.1) is 7.11 Å². The molecular formula is C9H12N2O3. The van der Waals surface area contributed by atoms with Crippen molar-refractivity contribution in [2.75, 3.05) is 20.2 Å². The van der Waals surface area contributed by atoms with Gasteiger partial charge in [-0.15, -0.1) is 0 Å². The van der Waals surface area contributed by atoms with Crippen LogP contribution in [0.15, 0.2) is 10.8 Å². The lowest BCUT2D eigenvalue weighted by Gasteiger charge is -2.04. The van der Waals surface area contributed by atoms with Crippen molar-refractivity contribution in [3.05, 3.63) is 17.5 Å². The van der Waals surface area contributed by atoms with Gasteiger partial charge in [-0.2, -0.15) is 0 Å². The molecule has 1 N–H and O–H groups in total. The Morgan fingerprint density at radius 3 is 3.29 bits per heavy atom. The van der Waals surface area contributed by atoms with E-state index in [2.05, 4.69) is 15.2 Å². The summed E-state index contributed by atoms with van der Waals surface area (Å²) < 4.78 is 9.44. The van der Waals surface area contributed by atoms with E-state index in [1.54, 1.807) is 0 Å². The molecule has 0 aliphatic carbocycles. The lowest BCUT2D eigenvalue weighted by Crippen LogP contribution is -2.11. The molecule has 0 spiro atoms. The zero-order chi connectivity index (χ0) is 9.97. The molecular weight excluding hydrogens is 184 g/mol. The fourth-order valence-corrected chi connectivity index (χ4v) is 1.69. The van der Waals surface area contributed by atoms with E-state index in [0.29, 0.717) is 11.3 Å². The Bertz CT molecular complexity index is 329. The maximum atomic E-state index is 11.3. The second kappa shape index (κ2) is 3.79. The van der Waals surface area contributed by atoms with Crippen molar-refractivity contribution >= 4 is 5.97 Å². The molecule has 1 aliphatic heterocycles. The highest BCUT2D eigenvalue weighted by atomic mass is 16.5. The molecule has 1 saturated heterocycles. The molecule has 2 rings (SSSR count). The summed E-state index contributed by atoms with van der Waals surface area (Å²) in [6.07, 6.45) is 2.33. The van der Waals surface area contributed by atoms with Crippen LogP contribution in [-0.4, -0.2) is 31.3 Å². The summed E-state index contributed by atoms with van der Waals surface area (Å²) in [5.41, 5.74) is 1.16. The van der Waals surface area contributed by atoms with Gasteiger partial charge in [0.25, 0.3) is 0 Å². The molecule has 1 fully saturated rings. The van der Waals surface area contributed by atoms with Crippen molar-refractivity contribution in [2.24, 2.45) is 0 Å². The Hall–Kier alpha value is -1.36. The average Bonchev–Trinajstić information content (AvgIpc) is 2.85. The van der Waals surface area contributed by atoms with Gasteiger partial charge >= 0.3 is 5.97 Å². The summed E-state index contributed by atoms with van der Waals surface area (Å²) >= 11 is 0. The summed E-state index contributed by atoms with van der Waals surface area (Å²) in [5, 5.41) is 7.06. The van der Waals surface area contributed by atoms with Crippen molar-refractivity contribution < 1.29 is 14.1 Å². The van der Waals surface area contributed by atoms with Crippen molar-refractivity contribution in [2.45, 2.75) is 12.3 Å². The number of hydrogen-bond donors (Lipinski definition) is 1. The highest BCUT2D eigenvalue weighted by Gasteiger charge is 2.26. The normalized spacial score (nSPS) is 21.1. The van der Waals surface area contributed by atoms with Gasteiger partial charge in [-0.1, -0.05) is 5.16 Å². The predicted molar refractivity (Wildman–Crippen MR) is 48.1 cm³/mol. The Morgan fingerprint density at radius 2 is 2.64 bits per heavy atom. The summed E-state index contributed by atoms with van der Waals surface area (Å²) in [7, 11) is 1.35. The predicted octanol–water partition coefficient (Wildman–Crippen LogP) is 0.538. The molecule has 5 nitrogen and oxygen atoms in total. The van der Waals surface area contributed by atoms with E-state index in [-0.39, 0.29) is 11.9 Å². The molecule has 1 aliphatic rings. The molecule has 0 bridgehead atoms. The molecule has 1 unspecified atom stereocenters. The number of methoxy groups -OCH3 is 1. The maximum Gasteiger partial charge on any atom is 0.343 e. The highest BCUT2D eigenvalue weighted by Crippen LogP contribution is 2.24. The van der Waals surface area contributed by atoms with Crippen molar-refractivity contribution in [1.29, 1.82) is 0 Å². The minimum absolute atomic E-state index is 0.267. The molecule has 1 aromatic rings. The van der Waals surface area contributed by atoms with Crippen LogP contribution < -0.4 is 5.32 Å².